The predicted octanol–water partition coefficient (Wildman–Crippen LogP) is 2.10. The molecule has 1 aromatic rings. The summed E-state index contributed by atoms with van der Waals surface area (Å²) >= 11 is 0. The van der Waals surface area contributed by atoms with Crippen LogP contribution >= 0.6 is 0 Å². The number of methoxy groups -OCH3 is 1. The molecule has 25 heavy (non-hydrogen) atoms. The Morgan fingerprint density at radius 3 is 3.12 bits per heavy atom. The number of piperidine rings is 2. The number of esters is 1. The molecule has 5 aliphatic rings. The van der Waals surface area contributed by atoms with Crippen molar-refractivity contribution in [2.24, 2.45) is 17.8 Å². The lowest BCUT2D eigenvalue weighted by atomic mass is 9.49. The topological polar surface area (TPSA) is 50.8 Å². The van der Waals surface area contributed by atoms with E-state index in [0.717, 1.165) is 25.1 Å². The van der Waals surface area contributed by atoms with E-state index in [2.05, 4.69) is 35.0 Å². The Balaban J connectivity index is 1.65. The van der Waals surface area contributed by atoms with Crippen LogP contribution in [-0.4, -0.2) is 42.5 Å². The molecule has 1 saturated carbocycles. The average Bonchev–Trinajstić information content (AvgIpc) is 3.22. The van der Waals surface area contributed by atoms with Crippen molar-refractivity contribution in [3.63, 3.8) is 0 Å². The smallest absolute Gasteiger partial charge is 0.310 e. The Morgan fingerprint density at radius 2 is 2.32 bits per heavy atom. The second kappa shape index (κ2) is 4.27. The van der Waals surface area contributed by atoms with Crippen LogP contribution in [0.2, 0.25) is 0 Å². The Kier molecular flexibility index (Phi) is 2.45. The first kappa shape index (κ1) is 14.3. The zero-order valence-electron chi connectivity index (χ0n) is 14.3. The minimum absolute atomic E-state index is 0.0710. The third kappa shape index (κ3) is 1.30. The van der Waals surface area contributed by atoms with Crippen LogP contribution in [0.3, 0.4) is 0 Å². The molecule has 3 saturated heterocycles. The summed E-state index contributed by atoms with van der Waals surface area (Å²) < 4.78 is 12.0. The number of rotatable bonds is 2. The van der Waals surface area contributed by atoms with E-state index in [1.807, 2.05) is 12.1 Å². The van der Waals surface area contributed by atoms with Crippen molar-refractivity contribution in [2.75, 3.05) is 19.0 Å². The maximum Gasteiger partial charge on any atom is 0.310 e. The first-order valence-electron chi connectivity index (χ1n) is 9.18. The van der Waals surface area contributed by atoms with Gasteiger partial charge in [0.2, 0.25) is 0 Å². The van der Waals surface area contributed by atoms with E-state index in [1.54, 1.807) is 0 Å². The number of nitrogens with one attached hydrogen (secondary N) is 1. The minimum Gasteiger partial charge on any atom is -0.469 e. The zero-order chi connectivity index (χ0) is 17.0. The number of carbonyl (C=O) groups is 1. The number of hydrogen-bond acceptors (Lipinski definition) is 5. The fraction of sp³-hybridized carbons (Fsp3) is 0.550. The largest absolute Gasteiger partial charge is 0.469 e. The highest BCUT2D eigenvalue weighted by Crippen LogP contribution is 2.72. The molecule has 4 aliphatic heterocycles. The molecule has 0 aromatic heterocycles. The summed E-state index contributed by atoms with van der Waals surface area (Å²) in [5, 5.41) is 3.72. The molecule has 0 radical (unpaired) electrons. The summed E-state index contributed by atoms with van der Waals surface area (Å²) in [6.07, 6.45) is 3.91. The minimum atomic E-state index is -0.497. The van der Waals surface area contributed by atoms with Gasteiger partial charge in [-0.05, 0) is 29.9 Å². The van der Waals surface area contributed by atoms with Gasteiger partial charge in [-0.1, -0.05) is 24.3 Å². The molecule has 5 heteroatoms. The number of anilines is 1. The molecule has 1 N–H and O–H groups in total. The van der Waals surface area contributed by atoms with Crippen LogP contribution in [0.4, 0.5) is 5.69 Å². The summed E-state index contributed by atoms with van der Waals surface area (Å²) in [7, 11) is 1.51. The van der Waals surface area contributed by atoms with Gasteiger partial charge < -0.3 is 14.8 Å². The van der Waals surface area contributed by atoms with Crippen molar-refractivity contribution < 1.29 is 14.3 Å². The number of benzene rings is 1. The highest BCUT2D eigenvalue weighted by molar-refractivity contribution is 5.80. The van der Waals surface area contributed by atoms with Gasteiger partial charge in [0.15, 0.2) is 5.72 Å². The van der Waals surface area contributed by atoms with Crippen LogP contribution < -0.4 is 5.32 Å². The molecule has 4 heterocycles. The van der Waals surface area contributed by atoms with E-state index in [1.165, 1.54) is 12.7 Å². The summed E-state index contributed by atoms with van der Waals surface area (Å²) in [6.45, 7) is 4.99. The fourth-order valence-electron chi connectivity index (χ4n) is 6.88. The normalized spacial score (nSPS) is 48.0. The molecule has 6 rings (SSSR count). The molecule has 4 fully saturated rings. The lowest BCUT2D eigenvalue weighted by molar-refractivity contribution is -0.167. The van der Waals surface area contributed by atoms with E-state index in [4.69, 9.17) is 9.47 Å². The van der Waals surface area contributed by atoms with Gasteiger partial charge in [-0.3, -0.25) is 9.69 Å². The van der Waals surface area contributed by atoms with Gasteiger partial charge >= 0.3 is 5.97 Å². The van der Waals surface area contributed by atoms with Gasteiger partial charge in [-0.15, -0.1) is 6.58 Å². The molecular formula is C20H22N2O3. The second-order valence-corrected chi connectivity index (χ2v) is 8.17. The first-order chi connectivity index (χ1) is 12.2. The standard InChI is InChI=1S/C20H22N2O3/c1-3-11-10-22-15-8-12(11)17(18(23)24-2)19-9-16(22)25-20(15,19)21-14-7-5-4-6-13(14)19/h3-7,11-12,15-17,21H,1,8-10H2,2H3. The Morgan fingerprint density at radius 1 is 1.48 bits per heavy atom. The summed E-state index contributed by atoms with van der Waals surface area (Å²) in [4.78, 5) is 15.6. The third-order valence-electron chi connectivity index (χ3n) is 7.63. The van der Waals surface area contributed by atoms with E-state index in [-0.39, 0.29) is 29.4 Å². The molecule has 0 amide bonds. The van der Waals surface area contributed by atoms with E-state index < -0.39 is 5.72 Å². The van der Waals surface area contributed by atoms with Crippen LogP contribution in [-0.2, 0) is 19.7 Å². The monoisotopic (exact) mass is 338 g/mol. The van der Waals surface area contributed by atoms with Crippen LogP contribution in [0.5, 0.6) is 0 Å². The number of nitrogens with zero attached hydrogens (tertiary/aromatic N) is 1. The van der Waals surface area contributed by atoms with Crippen molar-refractivity contribution in [1.29, 1.82) is 0 Å². The van der Waals surface area contributed by atoms with E-state index >= 15 is 0 Å². The Labute approximate surface area is 147 Å². The quantitative estimate of drug-likeness (QED) is 0.661. The van der Waals surface area contributed by atoms with Crippen molar-refractivity contribution in [1.82, 2.24) is 4.90 Å². The summed E-state index contributed by atoms with van der Waals surface area (Å²) in [6, 6.07) is 8.71. The average molecular weight is 338 g/mol. The summed E-state index contributed by atoms with van der Waals surface area (Å²) in [5.41, 5.74) is 1.50. The number of hydrogen-bond donors (Lipinski definition) is 1. The lowest BCUT2D eigenvalue weighted by Gasteiger charge is -2.61. The highest BCUT2D eigenvalue weighted by Gasteiger charge is 2.82. The molecule has 1 aromatic carbocycles. The lowest BCUT2D eigenvalue weighted by Crippen LogP contribution is -2.74. The van der Waals surface area contributed by atoms with E-state index in [9.17, 15) is 4.79 Å². The molecule has 1 aliphatic carbocycles. The van der Waals surface area contributed by atoms with Gasteiger partial charge in [0.1, 0.15) is 6.23 Å². The zero-order valence-corrected chi connectivity index (χ0v) is 14.3. The van der Waals surface area contributed by atoms with Crippen molar-refractivity contribution >= 4 is 11.7 Å². The van der Waals surface area contributed by atoms with Gasteiger partial charge in [0, 0.05) is 18.7 Å². The van der Waals surface area contributed by atoms with Crippen LogP contribution in [0, 0.1) is 17.8 Å². The van der Waals surface area contributed by atoms with Gasteiger partial charge in [-0.2, -0.15) is 0 Å². The highest BCUT2D eigenvalue weighted by atomic mass is 16.6. The maximum atomic E-state index is 13.1. The number of para-hydroxylation sites is 1. The first-order valence-corrected chi connectivity index (χ1v) is 9.18. The molecular weight excluding hydrogens is 316 g/mol. The van der Waals surface area contributed by atoms with Gasteiger partial charge in [0.05, 0.1) is 24.5 Å². The second-order valence-electron chi connectivity index (χ2n) is 8.17. The van der Waals surface area contributed by atoms with Crippen LogP contribution in [0.15, 0.2) is 36.9 Å². The number of fused-ring (bicyclic) bond motifs is 4. The van der Waals surface area contributed by atoms with Crippen LogP contribution in [0.25, 0.3) is 0 Å². The van der Waals surface area contributed by atoms with Crippen LogP contribution in [0.1, 0.15) is 18.4 Å². The van der Waals surface area contributed by atoms with Gasteiger partial charge in [0.25, 0.3) is 0 Å². The third-order valence-corrected chi connectivity index (χ3v) is 7.63. The number of carbonyl (C=O) groups excluding carboxylic acids is 1. The SMILES string of the molecule is C=CC1CN2C3CC45c6ccccc6NC4(O3)C2CC1C5C(=O)OC. The van der Waals surface area contributed by atoms with E-state index in [0.29, 0.717) is 12.0 Å². The van der Waals surface area contributed by atoms with Crippen molar-refractivity contribution in [3.8, 4) is 0 Å². The Bertz CT molecular complexity index is 810. The fourth-order valence-corrected chi connectivity index (χ4v) is 6.88. The maximum absolute atomic E-state index is 13.1. The molecule has 130 valence electrons. The number of ether oxygens (including phenoxy) is 2. The van der Waals surface area contributed by atoms with Crippen molar-refractivity contribution in [3.05, 3.63) is 42.5 Å². The molecule has 5 nitrogen and oxygen atoms in total. The summed E-state index contributed by atoms with van der Waals surface area (Å²) in [5.74, 6) is 0.264. The van der Waals surface area contributed by atoms with Crippen molar-refractivity contribution in [2.45, 2.75) is 36.3 Å². The van der Waals surface area contributed by atoms with Gasteiger partial charge in [-0.25, -0.2) is 0 Å². The molecule has 7 unspecified atom stereocenters. The molecule has 7 atom stereocenters. The predicted molar refractivity (Wildman–Crippen MR) is 91.8 cm³/mol. The molecule has 1 spiro atoms. The molecule has 4 bridgehead atoms. The Hall–Kier alpha value is -1.85.